The van der Waals surface area contributed by atoms with E-state index in [1.807, 2.05) is 0 Å². The maximum atomic E-state index is 12.7. The molecule has 0 aliphatic heterocycles. The minimum absolute atomic E-state index is 0.0993. The molecule has 6 nitrogen and oxygen atoms in total. The van der Waals surface area contributed by atoms with Gasteiger partial charge >= 0.3 is 17.9 Å². The molecule has 0 bridgehead atoms. The van der Waals surface area contributed by atoms with E-state index in [0.29, 0.717) is 19.3 Å². The number of ether oxygens (including phenoxy) is 3. The van der Waals surface area contributed by atoms with Gasteiger partial charge in [0.25, 0.3) is 0 Å². The molecule has 0 N–H and O–H groups in total. The molecule has 0 saturated heterocycles. The van der Waals surface area contributed by atoms with Gasteiger partial charge in [-0.25, -0.2) is 0 Å². The first-order valence-corrected chi connectivity index (χ1v) is 24.1. The summed E-state index contributed by atoms with van der Waals surface area (Å²) in [6.45, 7) is 6.30. The van der Waals surface area contributed by atoms with Crippen LogP contribution in [0.4, 0.5) is 0 Å². The molecule has 0 aromatic rings. The van der Waals surface area contributed by atoms with Crippen LogP contribution in [-0.4, -0.2) is 37.2 Å². The quantitative estimate of drug-likeness (QED) is 0.0264. The second-order valence-corrected chi connectivity index (χ2v) is 15.6. The Kier molecular flexibility index (Phi) is 44.5. The van der Waals surface area contributed by atoms with Gasteiger partial charge in [-0.3, -0.25) is 14.4 Å². The Balaban J connectivity index is 4.38. The summed E-state index contributed by atoms with van der Waals surface area (Å²) in [7, 11) is 0. The minimum Gasteiger partial charge on any atom is -0.462 e. The maximum Gasteiger partial charge on any atom is 0.306 e. The van der Waals surface area contributed by atoms with Crippen LogP contribution in [0.2, 0.25) is 0 Å². The summed E-state index contributed by atoms with van der Waals surface area (Å²) >= 11 is 0. The molecule has 0 rings (SSSR count). The van der Waals surface area contributed by atoms with Crippen molar-refractivity contribution in [2.45, 2.75) is 219 Å². The third-order valence-electron chi connectivity index (χ3n) is 9.86. The van der Waals surface area contributed by atoms with E-state index in [1.54, 1.807) is 0 Å². The highest BCUT2D eigenvalue weighted by molar-refractivity contribution is 5.71. The van der Waals surface area contributed by atoms with Gasteiger partial charge in [0.15, 0.2) is 6.10 Å². The van der Waals surface area contributed by atoms with Gasteiger partial charge < -0.3 is 14.2 Å². The fourth-order valence-corrected chi connectivity index (χ4v) is 6.27. The average molecular weight is 821 g/mol. The monoisotopic (exact) mass is 821 g/mol. The highest BCUT2D eigenvalue weighted by Crippen LogP contribution is 2.13. The molecule has 0 radical (unpaired) electrons. The molecule has 1 atom stereocenters. The van der Waals surface area contributed by atoms with Crippen molar-refractivity contribution in [3.8, 4) is 0 Å². The van der Waals surface area contributed by atoms with Crippen molar-refractivity contribution >= 4 is 17.9 Å². The molecule has 6 heteroatoms. The van der Waals surface area contributed by atoms with E-state index in [4.69, 9.17) is 14.2 Å². The van der Waals surface area contributed by atoms with E-state index < -0.39 is 6.10 Å². The van der Waals surface area contributed by atoms with Gasteiger partial charge in [0.1, 0.15) is 13.2 Å². The number of allylic oxidation sites excluding steroid dienone is 14. The van der Waals surface area contributed by atoms with Crippen molar-refractivity contribution in [3.05, 3.63) is 85.1 Å². The Morgan fingerprint density at radius 3 is 1.08 bits per heavy atom. The van der Waals surface area contributed by atoms with Gasteiger partial charge in [-0.05, 0) is 103 Å². The zero-order valence-corrected chi connectivity index (χ0v) is 38.2. The molecule has 0 saturated carbocycles. The molecule has 0 aromatic carbocycles. The number of unbranched alkanes of at least 4 members (excludes halogenated alkanes) is 17. The number of carbonyl (C=O) groups is 3. The third-order valence-corrected chi connectivity index (χ3v) is 9.86. The van der Waals surface area contributed by atoms with Crippen LogP contribution in [0.1, 0.15) is 213 Å². The Hall–Kier alpha value is -3.41. The lowest BCUT2D eigenvalue weighted by molar-refractivity contribution is -0.167. The molecule has 0 spiro atoms. The standard InChI is InChI=1S/C53H88O6/c1-4-7-10-13-16-19-22-24-25-26-27-28-29-30-32-34-37-40-43-46-52(55)58-49-50(48-57-51(54)45-42-39-36-33-21-18-15-12-9-6-3)59-53(56)47-44-41-38-35-31-23-20-17-14-11-8-5-2/h7-8,10-11,15-20,24-25,31,35,50H,4-6,9,12-14,21-23,26-30,32-34,36-49H2,1-3H3/b10-7-,11-8-,18-15-,19-16-,20-17-,25-24-,35-31-. The fraction of sp³-hybridized carbons (Fsp3) is 0.679. The number of carbonyl (C=O) groups excluding carboxylic acids is 3. The number of rotatable bonds is 42. The van der Waals surface area contributed by atoms with Gasteiger partial charge in [-0.1, -0.05) is 176 Å². The first-order chi connectivity index (χ1) is 29.0. The van der Waals surface area contributed by atoms with Crippen LogP contribution in [0.5, 0.6) is 0 Å². The molecule has 0 aromatic heterocycles. The Morgan fingerprint density at radius 1 is 0.356 bits per heavy atom. The molecule has 59 heavy (non-hydrogen) atoms. The summed E-state index contributed by atoms with van der Waals surface area (Å²) in [5, 5.41) is 0. The lowest BCUT2D eigenvalue weighted by atomic mass is 10.1. The molecule has 0 heterocycles. The topological polar surface area (TPSA) is 78.9 Å². The van der Waals surface area contributed by atoms with Gasteiger partial charge in [0.05, 0.1) is 0 Å². The van der Waals surface area contributed by atoms with Crippen molar-refractivity contribution in [3.63, 3.8) is 0 Å². The molecule has 336 valence electrons. The van der Waals surface area contributed by atoms with Crippen LogP contribution in [0.15, 0.2) is 85.1 Å². The lowest BCUT2D eigenvalue weighted by Gasteiger charge is -2.18. The van der Waals surface area contributed by atoms with Crippen LogP contribution in [-0.2, 0) is 28.6 Å². The predicted molar refractivity (Wildman–Crippen MR) is 251 cm³/mol. The molecular formula is C53H88O6. The zero-order valence-electron chi connectivity index (χ0n) is 38.2. The first kappa shape index (κ1) is 55.6. The van der Waals surface area contributed by atoms with Crippen molar-refractivity contribution in [2.75, 3.05) is 13.2 Å². The summed E-state index contributed by atoms with van der Waals surface area (Å²) in [5.74, 6) is -0.964. The average Bonchev–Trinajstić information content (AvgIpc) is 3.23. The van der Waals surface area contributed by atoms with Gasteiger partial charge in [0, 0.05) is 19.3 Å². The van der Waals surface area contributed by atoms with Crippen LogP contribution < -0.4 is 0 Å². The van der Waals surface area contributed by atoms with Crippen LogP contribution in [0.25, 0.3) is 0 Å². The van der Waals surface area contributed by atoms with Crippen LogP contribution >= 0.6 is 0 Å². The largest absolute Gasteiger partial charge is 0.462 e. The molecule has 0 fully saturated rings. The number of esters is 3. The number of hydrogen-bond donors (Lipinski definition) is 0. The summed E-state index contributed by atoms with van der Waals surface area (Å²) < 4.78 is 16.7. The highest BCUT2D eigenvalue weighted by Gasteiger charge is 2.19. The Bertz CT molecular complexity index is 1170. The second kappa shape index (κ2) is 47.3. The van der Waals surface area contributed by atoms with E-state index in [2.05, 4.69) is 106 Å². The zero-order chi connectivity index (χ0) is 43.0. The molecule has 0 aliphatic rings. The lowest BCUT2D eigenvalue weighted by Crippen LogP contribution is -2.30. The smallest absolute Gasteiger partial charge is 0.306 e. The van der Waals surface area contributed by atoms with Crippen molar-refractivity contribution in [2.24, 2.45) is 0 Å². The van der Waals surface area contributed by atoms with Gasteiger partial charge in [0.2, 0.25) is 0 Å². The van der Waals surface area contributed by atoms with Crippen molar-refractivity contribution in [1.82, 2.24) is 0 Å². The third kappa shape index (κ3) is 45.5. The SMILES string of the molecule is CC/C=C\C/C=C\C/C=C\CCCCCCCCCCCC(=O)OCC(COC(=O)CCCCCC/C=C\CCCC)OC(=O)CCCC/C=C\C/C=C\C/C=C\CC. The van der Waals surface area contributed by atoms with Gasteiger partial charge in [-0.15, -0.1) is 0 Å². The highest BCUT2D eigenvalue weighted by atomic mass is 16.6. The summed E-state index contributed by atoms with van der Waals surface area (Å²) in [6, 6.07) is 0. The normalized spacial score (nSPS) is 12.8. The molecule has 0 aliphatic carbocycles. The van der Waals surface area contributed by atoms with Crippen LogP contribution in [0, 0.1) is 0 Å². The Labute approximate surface area is 363 Å². The van der Waals surface area contributed by atoms with E-state index in [-0.39, 0.29) is 37.5 Å². The summed E-state index contributed by atoms with van der Waals surface area (Å²) in [5.41, 5.74) is 0. The van der Waals surface area contributed by atoms with E-state index in [1.165, 1.54) is 57.8 Å². The predicted octanol–water partition coefficient (Wildman–Crippen LogP) is 15.6. The van der Waals surface area contributed by atoms with E-state index >= 15 is 0 Å². The van der Waals surface area contributed by atoms with Crippen molar-refractivity contribution in [1.29, 1.82) is 0 Å². The second-order valence-electron chi connectivity index (χ2n) is 15.6. The summed E-state index contributed by atoms with van der Waals surface area (Å²) in [6.07, 6.45) is 60.0. The van der Waals surface area contributed by atoms with E-state index in [0.717, 1.165) is 109 Å². The fourth-order valence-electron chi connectivity index (χ4n) is 6.27. The number of hydrogen-bond acceptors (Lipinski definition) is 6. The van der Waals surface area contributed by atoms with Gasteiger partial charge in [-0.2, -0.15) is 0 Å². The van der Waals surface area contributed by atoms with Crippen molar-refractivity contribution < 1.29 is 28.6 Å². The Morgan fingerprint density at radius 2 is 0.661 bits per heavy atom. The summed E-state index contributed by atoms with van der Waals surface area (Å²) in [4.78, 5) is 37.8. The maximum absolute atomic E-state index is 12.7. The first-order valence-electron chi connectivity index (χ1n) is 24.1. The molecular weight excluding hydrogens is 733 g/mol. The molecule has 0 amide bonds. The molecule has 1 unspecified atom stereocenters. The van der Waals surface area contributed by atoms with E-state index in [9.17, 15) is 14.4 Å². The minimum atomic E-state index is -0.801. The van der Waals surface area contributed by atoms with Crippen LogP contribution in [0.3, 0.4) is 0 Å².